The number of piperazine rings is 1. The van der Waals surface area contributed by atoms with Gasteiger partial charge in [-0.05, 0) is 47.7 Å². The number of halogens is 3. The van der Waals surface area contributed by atoms with Crippen LogP contribution in [0.1, 0.15) is 101 Å². The molecular weight excluding hydrogens is 980 g/mol. The number of aliphatic hydroxyl groups is 2. The maximum atomic E-state index is 15.5. The van der Waals surface area contributed by atoms with Crippen LogP contribution in [0.2, 0.25) is 5.02 Å². The molecule has 16 nitrogen and oxygen atoms in total. The van der Waals surface area contributed by atoms with Gasteiger partial charge in [-0.1, -0.05) is 84.3 Å². The summed E-state index contributed by atoms with van der Waals surface area (Å²) in [5, 5.41) is 39.1. The average Bonchev–Trinajstić information content (AvgIpc) is 3.97. The van der Waals surface area contributed by atoms with Crippen LogP contribution >= 0.6 is 22.9 Å². The minimum atomic E-state index is -3.23. The van der Waals surface area contributed by atoms with Crippen molar-refractivity contribution in [3.05, 3.63) is 93.7 Å². The van der Waals surface area contributed by atoms with E-state index >= 15 is 8.78 Å². The summed E-state index contributed by atoms with van der Waals surface area (Å²) in [5.74, 6) is -4.34. The van der Waals surface area contributed by atoms with Crippen LogP contribution in [0, 0.1) is 34.5 Å². The number of benzene rings is 2. The van der Waals surface area contributed by atoms with E-state index in [1.54, 1.807) is 73.6 Å². The van der Waals surface area contributed by atoms with E-state index in [0.29, 0.717) is 59.5 Å². The van der Waals surface area contributed by atoms with Gasteiger partial charge in [0.25, 0.3) is 11.8 Å². The number of thiazole rings is 1. The molecule has 1 saturated carbocycles. The lowest BCUT2D eigenvalue weighted by Gasteiger charge is -2.63. The fourth-order valence-electron chi connectivity index (χ4n) is 10.7. The van der Waals surface area contributed by atoms with E-state index in [4.69, 9.17) is 16.3 Å². The Morgan fingerprint density at radius 3 is 2.25 bits per heavy atom. The fraction of sp³-hybridized carbons (Fsp3) is 0.528. The highest BCUT2D eigenvalue weighted by molar-refractivity contribution is 7.13. The smallest absolute Gasteiger partial charge is 0.261 e. The second-order valence-corrected chi connectivity index (χ2v) is 23.0. The van der Waals surface area contributed by atoms with Gasteiger partial charge < -0.3 is 40.7 Å². The molecule has 2 aromatic heterocycles. The van der Waals surface area contributed by atoms with Gasteiger partial charge in [0.2, 0.25) is 17.7 Å². The zero-order valence-corrected chi connectivity index (χ0v) is 44.1. The number of nitrogens with zero attached hydrogens (tertiary/aromatic N) is 6. The van der Waals surface area contributed by atoms with Gasteiger partial charge in [-0.3, -0.25) is 24.1 Å². The molecule has 3 aliphatic rings. The average molecular weight is 1050 g/mol. The lowest BCUT2D eigenvalue weighted by molar-refractivity contribution is -0.164. The molecule has 0 spiro atoms. The number of rotatable bonds is 17. The number of nitrogens with one attached hydrogen (secondary N) is 3. The Morgan fingerprint density at radius 1 is 0.986 bits per heavy atom. The Morgan fingerprint density at radius 2 is 1.67 bits per heavy atom. The summed E-state index contributed by atoms with van der Waals surface area (Å²) in [4.78, 5) is 69.4. The first-order chi connectivity index (χ1) is 34.3. The number of hydrogen-bond donors (Lipinski definition) is 5. The SMILES string of the molecule is Cc1ncsc1-c1ccc([C@H](CO)NC(=O)[C@@H]2C[C@@H](O)CN2C(=O)[C@@H](NC(=O)CCC(F)(F)CN2CCN(c3ccc(C(=O)N[C@H]4C(C)(C)[C@H](Oc5ccc(C#N)c(Cl)c5)C4(C)C)cn3)CC2)C(C)(C)C)cc1. The molecule has 0 unspecified atom stereocenters. The molecule has 1 aliphatic carbocycles. The molecular formula is C53H66ClF2N9O7S. The number of alkyl halides is 2. The number of ether oxygens (including phenoxy) is 1. The molecule has 0 bridgehead atoms. The Kier molecular flexibility index (Phi) is 16.6. The number of carbonyl (C=O) groups excluding carboxylic acids is 4. The molecule has 7 rings (SSSR count). The van der Waals surface area contributed by atoms with Crippen LogP contribution in [0.15, 0.2) is 66.3 Å². The number of amides is 4. The highest BCUT2D eigenvalue weighted by Crippen LogP contribution is 2.55. The molecule has 4 atom stereocenters. The molecule has 3 fully saturated rings. The molecule has 2 saturated heterocycles. The van der Waals surface area contributed by atoms with Crippen LogP contribution < -0.4 is 25.6 Å². The largest absolute Gasteiger partial charge is 0.489 e. The maximum absolute atomic E-state index is 15.5. The third kappa shape index (κ3) is 12.4. The topological polar surface area (TPSA) is 213 Å². The first-order valence-corrected chi connectivity index (χ1v) is 25.8. The van der Waals surface area contributed by atoms with Crippen LogP contribution in [0.25, 0.3) is 10.4 Å². The Bertz CT molecular complexity index is 2670. The summed E-state index contributed by atoms with van der Waals surface area (Å²) < 4.78 is 37.4. The van der Waals surface area contributed by atoms with E-state index < -0.39 is 90.1 Å². The van der Waals surface area contributed by atoms with Gasteiger partial charge in [-0.2, -0.15) is 5.26 Å². The number of aliphatic hydroxyl groups excluding tert-OH is 2. The second kappa shape index (κ2) is 22.0. The summed E-state index contributed by atoms with van der Waals surface area (Å²) in [6.45, 7) is 15.4. The number of hydrogen-bond acceptors (Lipinski definition) is 13. The van der Waals surface area contributed by atoms with E-state index in [1.807, 2.05) is 57.7 Å². The van der Waals surface area contributed by atoms with Crippen LogP contribution in [-0.2, 0) is 14.4 Å². The second-order valence-electron chi connectivity index (χ2n) is 21.7. The predicted octanol–water partition coefficient (Wildman–Crippen LogP) is 6.53. The molecule has 4 heterocycles. The van der Waals surface area contributed by atoms with Crippen LogP contribution in [0.5, 0.6) is 5.75 Å². The van der Waals surface area contributed by atoms with Gasteiger partial charge in [0.1, 0.15) is 35.8 Å². The van der Waals surface area contributed by atoms with Crippen molar-refractivity contribution in [2.75, 3.05) is 50.8 Å². The van der Waals surface area contributed by atoms with Crippen molar-refractivity contribution in [2.45, 2.75) is 117 Å². The van der Waals surface area contributed by atoms with Gasteiger partial charge in [0.05, 0.1) is 57.5 Å². The number of β-amino-alcohol motifs (C(OH)–C–C–N with tert-alkyl or cyclic N) is 1. The highest BCUT2D eigenvalue weighted by atomic mass is 35.5. The Labute approximate surface area is 434 Å². The Hall–Kier alpha value is -5.78. The monoisotopic (exact) mass is 1050 g/mol. The van der Waals surface area contributed by atoms with Crippen molar-refractivity contribution >= 4 is 52.4 Å². The van der Waals surface area contributed by atoms with Crippen molar-refractivity contribution in [1.82, 2.24) is 35.7 Å². The molecule has 2 aliphatic heterocycles. The lowest BCUT2D eigenvalue weighted by atomic mass is 9.49. The molecule has 73 heavy (non-hydrogen) atoms. The van der Waals surface area contributed by atoms with Crippen molar-refractivity contribution in [2.24, 2.45) is 16.2 Å². The van der Waals surface area contributed by atoms with Crippen molar-refractivity contribution in [3.63, 3.8) is 0 Å². The summed E-state index contributed by atoms with van der Waals surface area (Å²) >= 11 is 7.74. The van der Waals surface area contributed by atoms with Crippen LogP contribution in [-0.4, -0.2) is 136 Å². The number of aromatic nitrogens is 2. The number of anilines is 1. The molecule has 5 N–H and O–H groups in total. The van der Waals surface area contributed by atoms with Crippen molar-refractivity contribution < 1.29 is 42.9 Å². The number of carbonyl (C=O) groups is 4. The predicted molar refractivity (Wildman–Crippen MR) is 274 cm³/mol. The maximum Gasteiger partial charge on any atom is 0.261 e. The third-order valence-corrected chi connectivity index (χ3v) is 15.7. The highest BCUT2D eigenvalue weighted by Gasteiger charge is 2.64. The molecule has 0 radical (unpaired) electrons. The summed E-state index contributed by atoms with van der Waals surface area (Å²) in [7, 11) is 0. The minimum absolute atomic E-state index is 0.0661. The minimum Gasteiger partial charge on any atom is -0.489 e. The number of likely N-dealkylation sites (tertiary alicyclic amines) is 1. The molecule has 392 valence electrons. The molecule has 4 amide bonds. The van der Waals surface area contributed by atoms with Gasteiger partial charge in [-0.15, -0.1) is 11.3 Å². The quantitative estimate of drug-likeness (QED) is 0.0764. The molecule has 4 aromatic rings. The first kappa shape index (κ1) is 55.0. The van der Waals surface area contributed by atoms with E-state index in [2.05, 4.69) is 25.9 Å². The summed E-state index contributed by atoms with van der Waals surface area (Å²) in [6.07, 6.45) is -1.17. The number of aryl methyl sites for hydroxylation is 1. The van der Waals surface area contributed by atoms with Crippen LogP contribution in [0.3, 0.4) is 0 Å². The normalized spacial score (nSPS) is 21.6. The van der Waals surface area contributed by atoms with E-state index in [-0.39, 0.29) is 31.0 Å². The van der Waals surface area contributed by atoms with E-state index in [1.165, 1.54) is 22.4 Å². The number of nitriles is 1. The zero-order chi connectivity index (χ0) is 53.2. The summed E-state index contributed by atoms with van der Waals surface area (Å²) in [5.41, 5.74) is 3.14. The van der Waals surface area contributed by atoms with E-state index in [9.17, 15) is 34.7 Å². The van der Waals surface area contributed by atoms with Crippen molar-refractivity contribution in [1.29, 1.82) is 5.26 Å². The van der Waals surface area contributed by atoms with Crippen LogP contribution in [0.4, 0.5) is 14.6 Å². The third-order valence-electron chi connectivity index (χ3n) is 14.4. The van der Waals surface area contributed by atoms with Gasteiger partial charge in [0, 0.05) is 81.1 Å². The van der Waals surface area contributed by atoms with Crippen molar-refractivity contribution in [3.8, 4) is 22.3 Å². The standard InChI is InChI=1S/C53H66ClF2N9O7S/c1-31-43(73-30-59-31)33-11-9-32(10-12-33)39(28-66)60-46(70)40-23-36(67)27-65(40)47(71)44(50(2,3)4)61-42(68)17-18-53(55,56)29-63-19-21-64(22-20-63)41-16-14-35(26-58-41)45(69)62-48-51(5,6)49(52(48,7)8)72-37-15-13-34(25-57)38(54)24-37/h9-16,24,26,30,36,39-40,44,48-49,66-67H,17-23,27-29H2,1-8H3,(H,60,70)(H,61,68)(H,62,69)/t36-,39+,40+,44-,48-,49-/m1/s1. The van der Waals surface area contributed by atoms with Gasteiger partial charge >= 0.3 is 0 Å². The van der Waals surface area contributed by atoms with Gasteiger partial charge in [-0.25, -0.2) is 18.7 Å². The number of pyridine rings is 1. The fourth-order valence-corrected chi connectivity index (χ4v) is 11.7. The zero-order valence-electron chi connectivity index (χ0n) is 42.5. The Balaban J connectivity index is 0.868. The molecule has 2 aromatic carbocycles. The molecule has 20 heteroatoms. The van der Waals surface area contributed by atoms with E-state index in [0.717, 1.165) is 16.1 Å². The lowest BCUT2D eigenvalue weighted by Crippen LogP contribution is -2.74. The van der Waals surface area contributed by atoms with Gasteiger partial charge in [0.15, 0.2) is 0 Å². The first-order valence-electron chi connectivity index (χ1n) is 24.5. The summed E-state index contributed by atoms with van der Waals surface area (Å²) in [6, 6.07) is 14.4.